The van der Waals surface area contributed by atoms with Gasteiger partial charge in [0.25, 0.3) is 0 Å². The summed E-state index contributed by atoms with van der Waals surface area (Å²) in [5.74, 6) is 0. The first-order valence-electron chi connectivity index (χ1n) is 8.76. The van der Waals surface area contributed by atoms with E-state index in [-0.39, 0.29) is 0 Å². The molecule has 8 atom stereocenters. The van der Waals surface area contributed by atoms with Gasteiger partial charge in [-0.2, -0.15) is 8.62 Å². The summed E-state index contributed by atoms with van der Waals surface area (Å²) in [7, 11) is -43.0. The fraction of sp³-hybridized carbons (Fsp3) is 1.00. The van der Waals surface area contributed by atoms with E-state index in [1.807, 2.05) is 0 Å². The summed E-state index contributed by atoms with van der Waals surface area (Å²) < 4.78 is 108. The molecular formula is C6H19O27P7. The standard InChI is InChI=1S/C6H19O27P7/c7-1-2(27-34(8,9)10)4(28-35(11,12)13)6(31-40(25,26)33-38(20,21)22)5(29-36(14,15)16)3(1)30-39(23,24)32-37(17,18)19/h1-7H,(H,23,24)(H,25,26)(H2,8,9,10)(H2,11,12,13)(H2,14,15,16)(H2,17,18,19)(H2,20,21,22)/t1-,2-,3+,4-,5-,6-/m0/s1. The maximum Gasteiger partial charge on any atom is 0.481 e. The van der Waals surface area contributed by atoms with Gasteiger partial charge < -0.3 is 63.8 Å². The second-order valence-corrected chi connectivity index (χ2v) is 16.0. The van der Waals surface area contributed by atoms with E-state index in [0.717, 1.165) is 0 Å². The lowest BCUT2D eigenvalue weighted by atomic mass is 9.85. The van der Waals surface area contributed by atoms with E-state index in [0.29, 0.717) is 0 Å². The Hall–Kier alpha value is 0.810. The molecule has 0 bridgehead atoms. The van der Waals surface area contributed by atoms with Crippen molar-refractivity contribution < 1.29 is 127 Å². The SMILES string of the molecule is O=P(O)(O)O[C@@H]1[C@@H](OP(=O)(O)OP(=O)(O)O)[C@@H](OP(=O)(O)O)[C@@H](OP(=O)(O)O)[C@H](O)[C@H]1OP(=O)(O)OP(=O)(O)O. The Morgan fingerprint density at radius 3 is 0.850 bits per heavy atom. The van der Waals surface area contributed by atoms with Crippen LogP contribution in [-0.4, -0.2) is 100 Å². The Morgan fingerprint density at radius 1 is 0.350 bits per heavy atom. The second kappa shape index (κ2) is 13.0. The van der Waals surface area contributed by atoms with Crippen LogP contribution in [0, 0.1) is 0 Å². The van der Waals surface area contributed by atoms with E-state index in [1.54, 1.807) is 0 Å². The summed E-state index contributed by atoms with van der Waals surface area (Å²) in [6.45, 7) is 0. The summed E-state index contributed by atoms with van der Waals surface area (Å²) in [6.07, 6.45) is -19.5. The quantitative estimate of drug-likeness (QED) is 0.0788. The van der Waals surface area contributed by atoms with E-state index in [2.05, 4.69) is 31.2 Å². The Kier molecular flexibility index (Phi) is 12.7. The summed E-state index contributed by atoms with van der Waals surface area (Å²) >= 11 is 0. The minimum absolute atomic E-state index is 3.16. The van der Waals surface area contributed by atoms with E-state index in [1.165, 1.54) is 0 Å². The molecule has 0 heterocycles. The summed E-state index contributed by atoms with van der Waals surface area (Å²) in [5, 5.41) is 10.5. The molecular weight excluding hydrogens is 721 g/mol. The van der Waals surface area contributed by atoms with Gasteiger partial charge in [0.05, 0.1) is 0 Å². The van der Waals surface area contributed by atoms with Gasteiger partial charge in [-0.05, 0) is 0 Å². The van der Waals surface area contributed by atoms with Gasteiger partial charge in [-0.15, -0.1) is 0 Å². The topological polar surface area (TPSA) is 447 Å². The first-order chi connectivity index (χ1) is 17.3. The van der Waals surface area contributed by atoms with Crippen molar-refractivity contribution in [3.63, 3.8) is 0 Å². The Morgan fingerprint density at radius 2 is 0.575 bits per heavy atom. The fourth-order valence-corrected chi connectivity index (χ4v) is 8.07. The highest BCUT2D eigenvalue weighted by molar-refractivity contribution is 7.61. The van der Waals surface area contributed by atoms with E-state index in [9.17, 15) is 66.4 Å². The van der Waals surface area contributed by atoms with Gasteiger partial charge in [0.1, 0.15) is 36.6 Å². The molecule has 27 nitrogen and oxygen atoms in total. The number of hydrogen-bond acceptors (Lipinski definition) is 15. The molecule has 40 heavy (non-hydrogen) atoms. The smallest absolute Gasteiger partial charge is 0.387 e. The Bertz CT molecular complexity index is 1230. The minimum atomic E-state index is -6.40. The highest BCUT2D eigenvalue weighted by Gasteiger charge is 2.61. The molecule has 34 heteroatoms. The predicted molar refractivity (Wildman–Crippen MR) is 112 cm³/mol. The van der Waals surface area contributed by atoms with Gasteiger partial charge in [-0.1, -0.05) is 0 Å². The summed E-state index contributed by atoms with van der Waals surface area (Å²) in [6, 6.07) is 0. The molecule has 1 saturated carbocycles. The molecule has 2 unspecified atom stereocenters. The molecule has 0 spiro atoms. The first-order valence-corrected chi connectivity index (χ1v) is 19.4. The number of rotatable bonds is 14. The number of phosphoric acid groups is 7. The van der Waals surface area contributed by atoms with Gasteiger partial charge >= 0.3 is 54.8 Å². The normalized spacial score (nSPS) is 30.4. The Labute approximate surface area is 219 Å². The number of aliphatic hydroxyl groups excluding tert-OH is 1. The van der Waals surface area contributed by atoms with Crippen LogP contribution >= 0.6 is 54.8 Å². The van der Waals surface area contributed by atoms with Gasteiger partial charge in [0.15, 0.2) is 0 Å². The zero-order valence-electron chi connectivity index (χ0n) is 18.1. The fourth-order valence-electron chi connectivity index (χ4n) is 2.83. The molecule has 0 aromatic carbocycles. The van der Waals surface area contributed by atoms with Crippen LogP contribution in [0.3, 0.4) is 0 Å². The molecule has 0 amide bonds. The average Bonchev–Trinajstić information content (AvgIpc) is 2.57. The van der Waals surface area contributed by atoms with E-state index in [4.69, 9.17) is 29.4 Å². The van der Waals surface area contributed by atoms with Crippen LogP contribution in [0.1, 0.15) is 0 Å². The van der Waals surface area contributed by atoms with E-state index >= 15 is 0 Å². The number of hydrogen-bond donors (Lipinski definition) is 13. The molecule has 0 aromatic heterocycles. The van der Waals surface area contributed by atoms with Crippen molar-refractivity contribution in [1.29, 1.82) is 0 Å². The van der Waals surface area contributed by atoms with Gasteiger partial charge in [-0.25, -0.2) is 32.0 Å². The van der Waals surface area contributed by atoms with Crippen LogP contribution in [0.4, 0.5) is 0 Å². The maximum atomic E-state index is 12.2. The Balaban J connectivity index is 3.95. The third-order valence-electron chi connectivity index (χ3n) is 3.67. The molecule has 13 N–H and O–H groups in total. The van der Waals surface area contributed by atoms with Crippen molar-refractivity contribution in [3.05, 3.63) is 0 Å². The van der Waals surface area contributed by atoms with Gasteiger partial charge in [0.2, 0.25) is 0 Å². The highest BCUT2D eigenvalue weighted by Crippen LogP contribution is 2.63. The van der Waals surface area contributed by atoms with Crippen LogP contribution in [0.25, 0.3) is 0 Å². The third kappa shape index (κ3) is 14.5. The predicted octanol–water partition coefficient (Wildman–Crippen LogP) is -3.02. The number of aliphatic hydroxyl groups is 1. The van der Waals surface area contributed by atoms with Crippen LogP contribution in [-0.2, 0) is 63.2 Å². The van der Waals surface area contributed by atoms with Crippen molar-refractivity contribution in [2.75, 3.05) is 0 Å². The van der Waals surface area contributed by atoms with Crippen LogP contribution in [0.2, 0.25) is 0 Å². The van der Waals surface area contributed by atoms with Crippen LogP contribution in [0.5, 0.6) is 0 Å². The van der Waals surface area contributed by atoms with Crippen LogP contribution in [0.15, 0.2) is 0 Å². The zero-order valence-corrected chi connectivity index (χ0v) is 24.4. The average molecular weight is 740 g/mol. The lowest BCUT2D eigenvalue weighted by Gasteiger charge is -2.47. The lowest BCUT2D eigenvalue weighted by molar-refractivity contribution is -0.205. The van der Waals surface area contributed by atoms with E-state index < -0.39 is 91.4 Å². The molecule has 0 aliphatic heterocycles. The highest BCUT2D eigenvalue weighted by atomic mass is 31.3. The van der Waals surface area contributed by atoms with Crippen molar-refractivity contribution in [1.82, 2.24) is 0 Å². The van der Waals surface area contributed by atoms with Crippen molar-refractivity contribution in [2.24, 2.45) is 0 Å². The van der Waals surface area contributed by atoms with Crippen LogP contribution < -0.4 is 0 Å². The third-order valence-corrected chi connectivity index (χ3v) is 9.60. The molecule has 0 aromatic rings. The van der Waals surface area contributed by atoms with Crippen molar-refractivity contribution in [3.8, 4) is 0 Å². The first kappa shape index (κ1) is 38.8. The van der Waals surface area contributed by atoms with Gasteiger partial charge in [-0.3, -0.25) is 22.6 Å². The molecule has 1 aliphatic rings. The summed E-state index contributed by atoms with van der Waals surface area (Å²) in [4.78, 5) is 109. The maximum absolute atomic E-state index is 12.2. The zero-order chi connectivity index (χ0) is 31.9. The van der Waals surface area contributed by atoms with Crippen molar-refractivity contribution in [2.45, 2.75) is 36.6 Å². The second-order valence-electron chi connectivity index (χ2n) is 6.89. The molecule has 240 valence electrons. The monoisotopic (exact) mass is 740 g/mol. The largest absolute Gasteiger partial charge is 0.481 e. The molecule has 1 aliphatic carbocycles. The minimum Gasteiger partial charge on any atom is -0.387 e. The molecule has 1 fully saturated rings. The van der Waals surface area contributed by atoms with Crippen molar-refractivity contribution >= 4 is 54.8 Å². The molecule has 1 rings (SSSR count). The number of phosphoric ester groups is 5. The molecule has 0 radical (unpaired) electrons. The lowest BCUT2D eigenvalue weighted by Crippen LogP contribution is -2.66. The molecule has 0 saturated heterocycles. The van der Waals surface area contributed by atoms with Gasteiger partial charge in [0, 0.05) is 0 Å². The summed E-state index contributed by atoms with van der Waals surface area (Å²) in [5.41, 5.74) is 0.